The molecule has 0 saturated heterocycles. The molecule has 1 aromatic carbocycles. The van der Waals surface area contributed by atoms with Crippen LogP contribution in [0.25, 0.3) is 0 Å². The van der Waals surface area contributed by atoms with E-state index in [9.17, 15) is 4.39 Å². The van der Waals surface area contributed by atoms with Crippen LogP contribution in [0.5, 0.6) is 0 Å². The average Bonchev–Trinajstić information content (AvgIpc) is 2.80. The summed E-state index contributed by atoms with van der Waals surface area (Å²) >= 11 is 0. The highest BCUT2D eigenvalue weighted by Gasteiger charge is 2.31. The van der Waals surface area contributed by atoms with Gasteiger partial charge in [0.25, 0.3) is 0 Å². The van der Waals surface area contributed by atoms with Crippen LogP contribution in [-0.2, 0) is 6.42 Å². The van der Waals surface area contributed by atoms with Gasteiger partial charge >= 0.3 is 0 Å². The van der Waals surface area contributed by atoms with Crippen LogP contribution in [0.15, 0.2) is 36.2 Å². The van der Waals surface area contributed by atoms with Crippen molar-refractivity contribution >= 4 is 0 Å². The van der Waals surface area contributed by atoms with Crippen molar-refractivity contribution < 1.29 is 4.39 Å². The van der Waals surface area contributed by atoms with Crippen LogP contribution in [0.4, 0.5) is 4.39 Å². The first kappa shape index (κ1) is 23.1. The first-order chi connectivity index (χ1) is 14.7. The number of allylic oxidation sites excluding steroid dienone is 2. The molecule has 0 unspecified atom stereocenters. The Morgan fingerprint density at radius 2 is 1.50 bits per heavy atom. The fraction of sp³-hybridized carbons (Fsp3) is 0.679. The van der Waals surface area contributed by atoms with Crippen LogP contribution < -0.4 is 0 Å². The normalized spacial score (nSPS) is 27.6. The topological polar surface area (TPSA) is 23.8 Å². The zero-order valence-corrected chi connectivity index (χ0v) is 18.9. The van der Waals surface area contributed by atoms with Crippen molar-refractivity contribution in [3.8, 4) is 6.07 Å². The molecule has 1 nitrogen and oxygen atoms in total. The summed E-state index contributed by atoms with van der Waals surface area (Å²) in [6.45, 7) is 2.27. The lowest BCUT2D eigenvalue weighted by molar-refractivity contribution is 0.171. The lowest BCUT2D eigenvalue weighted by atomic mass is 9.68. The summed E-state index contributed by atoms with van der Waals surface area (Å²) in [5.41, 5.74) is 3.05. The Morgan fingerprint density at radius 3 is 2.10 bits per heavy atom. The van der Waals surface area contributed by atoms with Crippen molar-refractivity contribution in [2.75, 3.05) is 0 Å². The van der Waals surface area contributed by atoms with E-state index in [0.29, 0.717) is 0 Å². The molecule has 30 heavy (non-hydrogen) atoms. The summed E-state index contributed by atoms with van der Waals surface area (Å²) in [5, 5.41) is 8.63. The molecule has 164 valence electrons. The van der Waals surface area contributed by atoms with Crippen molar-refractivity contribution in [2.45, 2.75) is 103 Å². The second-order valence-corrected chi connectivity index (χ2v) is 9.82. The van der Waals surface area contributed by atoms with Crippen molar-refractivity contribution in [3.63, 3.8) is 0 Å². The molecule has 0 amide bonds. The molecule has 3 rings (SSSR count). The van der Waals surface area contributed by atoms with Gasteiger partial charge in [0.15, 0.2) is 5.83 Å². The molecule has 0 N–H and O–H groups in total. The number of nitriles is 1. The van der Waals surface area contributed by atoms with E-state index in [4.69, 9.17) is 5.26 Å². The van der Waals surface area contributed by atoms with Crippen molar-refractivity contribution in [1.82, 2.24) is 0 Å². The number of nitrogens with zero attached hydrogens (tertiary/aromatic N) is 1. The fourth-order valence-corrected chi connectivity index (χ4v) is 5.84. The third-order valence-electron chi connectivity index (χ3n) is 7.76. The quantitative estimate of drug-likeness (QED) is 0.296. The van der Waals surface area contributed by atoms with Gasteiger partial charge in [0.1, 0.15) is 6.07 Å². The first-order valence-electron chi connectivity index (χ1n) is 12.6. The highest BCUT2D eigenvalue weighted by atomic mass is 19.1. The van der Waals surface area contributed by atoms with Gasteiger partial charge < -0.3 is 0 Å². The average molecular weight is 410 g/mol. The van der Waals surface area contributed by atoms with Crippen LogP contribution in [0.1, 0.15) is 107 Å². The molecule has 0 aromatic heterocycles. The zero-order valence-electron chi connectivity index (χ0n) is 18.9. The van der Waals surface area contributed by atoms with Crippen LogP contribution in [0.2, 0.25) is 0 Å². The highest BCUT2D eigenvalue weighted by Crippen LogP contribution is 2.44. The Hall–Kier alpha value is -1.62. The van der Waals surface area contributed by atoms with Crippen molar-refractivity contribution in [1.29, 1.82) is 5.26 Å². The molecule has 0 atom stereocenters. The Labute approximate surface area is 183 Å². The van der Waals surface area contributed by atoms with Crippen molar-refractivity contribution in [3.05, 3.63) is 47.3 Å². The van der Waals surface area contributed by atoms with Gasteiger partial charge in [-0.05, 0) is 105 Å². The van der Waals surface area contributed by atoms with E-state index in [2.05, 4.69) is 31.2 Å². The summed E-state index contributed by atoms with van der Waals surface area (Å²) in [5.74, 6) is 2.10. The number of rotatable bonds is 9. The molecular weight excluding hydrogens is 369 g/mol. The van der Waals surface area contributed by atoms with E-state index in [1.807, 2.05) is 0 Å². The number of halogens is 1. The molecule has 2 aliphatic carbocycles. The minimum Gasteiger partial charge on any atom is -0.195 e. The molecule has 0 heterocycles. The number of hydrogen-bond acceptors (Lipinski definition) is 1. The maximum atomic E-state index is 13.2. The summed E-state index contributed by atoms with van der Waals surface area (Å²) in [6, 6.07) is 11.2. The molecule has 0 bridgehead atoms. The molecule has 0 radical (unpaired) electrons. The molecule has 2 heteroatoms. The fourth-order valence-electron chi connectivity index (χ4n) is 5.84. The third kappa shape index (κ3) is 6.97. The van der Waals surface area contributed by atoms with Gasteiger partial charge in [-0.2, -0.15) is 9.65 Å². The van der Waals surface area contributed by atoms with Crippen LogP contribution in [0, 0.1) is 29.1 Å². The second-order valence-electron chi connectivity index (χ2n) is 9.82. The van der Waals surface area contributed by atoms with Crippen LogP contribution in [-0.4, -0.2) is 0 Å². The summed E-state index contributed by atoms with van der Waals surface area (Å²) < 4.78 is 13.2. The van der Waals surface area contributed by atoms with E-state index >= 15 is 0 Å². The molecule has 0 aliphatic heterocycles. The monoisotopic (exact) mass is 409 g/mol. The van der Waals surface area contributed by atoms with Gasteiger partial charge in [-0.3, -0.25) is 0 Å². The Morgan fingerprint density at radius 1 is 0.900 bits per heavy atom. The number of hydrogen-bond donors (Lipinski definition) is 0. The standard InChI is InChI=1S/C28H40FN/c1-2-3-4-5-6-7-22-8-12-24(13-9-22)26-16-18-27(19-17-26)25-14-10-23(11-15-25)20-28(29)21-30/h8-9,12-13,20,23,25-27H,2-7,10-11,14-19H2,1H3/b28-20+. The maximum absolute atomic E-state index is 13.2. The van der Waals surface area contributed by atoms with E-state index < -0.39 is 5.83 Å². The van der Waals surface area contributed by atoms with E-state index in [1.165, 1.54) is 82.6 Å². The van der Waals surface area contributed by atoms with Crippen molar-refractivity contribution in [2.24, 2.45) is 17.8 Å². The largest absolute Gasteiger partial charge is 0.196 e. The number of benzene rings is 1. The molecule has 2 saturated carbocycles. The zero-order chi connectivity index (χ0) is 21.2. The summed E-state index contributed by atoms with van der Waals surface area (Å²) in [7, 11) is 0. The van der Waals surface area contributed by atoms with E-state index in [0.717, 1.165) is 30.6 Å². The van der Waals surface area contributed by atoms with Gasteiger partial charge in [0, 0.05) is 0 Å². The minimum absolute atomic E-state index is 0.280. The van der Waals surface area contributed by atoms with Crippen LogP contribution >= 0.6 is 0 Å². The van der Waals surface area contributed by atoms with E-state index in [-0.39, 0.29) is 5.92 Å². The predicted octanol–water partition coefficient (Wildman–Crippen LogP) is 8.66. The summed E-state index contributed by atoms with van der Waals surface area (Å²) in [4.78, 5) is 0. The Kier molecular flexibility index (Phi) is 9.44. The molecule has 0 spiro atoms. The lowest BCUT2D eigenvalue weighted by Gasteiger charge is -2.37. The molecular formula is C28H40FN. The Balaban J connectivity index is 1.39. The van der Waals surface area contributed by atoms with Gasteiger partial charge in [0.2, 0.25) is 0 Å². The van der Waals surface area contributed by atoms with Gasteiger partial charge in [-0.25, -0.2) is 0 Å². The van der Waals surface area contributed by atoms with Gasteiger partial charge in [-0.1, -0.05) is 56.9 Å². The predicted molar refractivity (Wildman–Crippen MR) is 124 cm³/mol. The van der Waals surface area contributed by atoms with Gasteiger partial charge in [-0.15, -0.1) is 0 Å². The van der Waals surface area contributed by atoms with Crippen LogP contribution in [0.3, 0.4) is 0 Å². The maximum Gasteiger partial charge on any atom is 0.196 e. The second kappa shape index (κ2) is 12.3. The number of aryl methyl sites for hydroxylation is 1. The smallest absolute Gasteiger partial charge is 0.195 e. The summed E-state index contributed by atoms with van der Waals surface area (Å²) in [6.07, 6.45) is 19.4. The lowest BCUT2D eigenvalue weighted by Crippen LogP contribution is -2.25. The highest BCUT2D eigenvalue weighted by molar-refractivity contribution is 5.26. The minimum atomic E-state index is -0.596. The Bertz CT molecular complexity index is 682. The molecule has 2 aliphatic rings. The number of unbranched alkanes of at least 4 members (excludes halogenated alkanes) is 4. The molecule has 1 aromatic rings. The van der Waals surface area contributed by atoms with E-state index in [1.54, 1.807) is 17.7 Å². The van der Waals surface area contributed by atoms with Gasteiger partial charge in [0.05, 0.1) is 0 Å². The third-order valence-corrected chi connectivity index (χ3v) is 7.76. The molecule has 2 fully saturated rings. The SMILES string of the molecule is CCCCCCCc1ccc(C2CCC(C3CCC(/C=C(/F)C#N)CC3)CC2)cc1. The first-order valence-corrected chi connectivity index (χ1v) is 12.6.